The molecule has 1 aliphatic carbocycles. The average Bonchev–Trinajstić information content (AvgIpc) is 3.67. The largest absolute Gasteiger partial charge is 0.497 e. The zero-order valence-corrected chi connectivity index (χ0v) is 36.1. The van der Waals surface area contributed by atoms with Crippen LogP contribution in [0, 0.1) is 0 Å². The third-order valence-electron chi connectivity index (χ3n) is 10.8. The van der Waals surface area contributed by atoms with E-state index in [0.717, 1.165) is 5.56 Å². The topological polar surface area (TPSA) is 209 Å². The Bertz CT molecular complexity index is 2450. The van der Waals surface area contributed by atoms with Gasteiger partial charge in [-0.05, 0) is 128 Å². The first kappa shape index (κ1) is 44.0. The third-order valence-corrected chi connectivity index (χ3v) is 13.7. The summed E-state index contributed by atoms with van der Waals surface area (Å²) in [6.07, 6.45) is 0.860. The van der Waals surface area contributed by atoms with Crippen LogP contribution in [0.25, 0.3) is 11.4 Å². The van der Waals surface area contributed by atoms with Gasteiger partial charge in [-0.2, -0.15) is 4.31 Å². The van der Waals surface area contributed by atoms with Gasteiger partial charge in [0.15, 0.2) is 5.82 Å². The van der Waals surface area contributed by atoms with Crippen molar-refractivity contribution in [2.24, 2.45) is 5.14 Å². The van der Waals surface area contributed by atoms with Crippen LogP contribution < -0.4 is 19.3 Å². The number of nitrogens with two attached hydrogens (primary N) is 1. The number of sulfonamides is 2. The van der Waals surface area contributed by atoms with Crippen LogP contribution in [0.4, 0.5) is 4.79 Å². The summed E-state index contributed by atoms with van der Waals surface area (Å²) >= 11 is 0. The smallest absolute Gasteiger partial charge is 0.407 e. The Labute approximate surface area is 351 Å². The number of rotatable bonds is 15. The number of methoxy groups -OCH3 is 3. The number of aromatic nitrogens is 4. The van der Waals surface area contributed by atoms with Crippen LogP contribution in [0.15, 0.2) is 94.7 Å². The molecular weight excluding hydrogens is 811 g/mol. The molecule has 3 N–H and O–H groups in total. The van der Waals surface area contributed by atoms with E-state index >= 15 is 8.42 Å². The number of carboxylic acid groups (broad SMARTS) is 1. The quantitative estimate of drug-likeness (QED) is 0.120. The van der Waals surface area contributed by atoms with Crippen molar-refractivity contribution in [1.29, 1.82) is 0 Å². The molecule has 1 saturated carbocycles. The third kappa shape index (κ3) is 9.73. The lowest BCUT2D eigenvalue weighted by atomic mass is 9.78. The van der Waals surface area contributed by atoms with Gasteiger partial charge in [0.1, 0.15) is 27.0 Å². The Hall–Kier alpha value is -5.56. The molecule has 0 radical (unpaired) electrons. The Morgan fingerprint density at radius 2 is 1.25 bits per heavy atom. The molecule has 1 aliphatic rings. The first-order valence-electron chi connectivity index (χ1n) is 19.3. The molecule has 1 aromatic heterocycles. The van der Waals surface area contributed by atoms with Gasteiger partial charge in [0.25, 0.3) is 0 Å². The Balaban J connectivity index is 1.56. The fourth-order valence-electron chi connectivity index (χ4n) is 7.88. The lowest BCUT2D eigenvalue weighted by Gasteiger charge is -2.43. The van der Waals surface area contributed by atoms with Gasteiger partial charge in [-0.1, -0.05) is 42.5 Å². The minimum absolute atomic E-state index is 0.00357. The van der Waals surface area contributed by atoms with Gasteiger partial charge in [-0.3, -0.25) is 0 Å². The lowest BCUT2D eigenvalue weighted by molar-refractivity contribution is 0.0546. The average molecular weight is 862 g/mol. The summed E-state index contributed by atoms with van der Waals surface area (Å²) in [5.74, 6) is 1.45. The molecule has 6 rings (SSSR count). The number of hydrogen-bond donors (Lipinski definition) is 2. The summed E-state index contributed by atoms with van der Waals surface area (Å²) in [6.45, 7) is 5.32. The van der Waals surface area contributed by atoms with Gasteiger partial charge < -0.3 is 24.2 Å². The molecule has 1 fully saturated rings. The second-order valence-electron chi connectivity index (χ2n) is 15.7. The highest BCUT2D eigenvalue weighted by Crippen LogP contribution is 2.45. The maximum atomic E-state index is 15.7. The number of primary sulfonamides is 1. The first-order chi connectivity index (χ1) is 28.4. The van der Waals surface area contributed by atoms with Crippen LogP contribution in [0.2, 0.25) is 0 Å². The molecule has 0 bridgehead atoms. The second-order valence-corrected chi connectivity index (χ2v) is 19.1. The van der Waals surface area contributed by atoms with E-state index in [1.54, 1.807) is 73.8 Å². The number of tetrazole rings is 1. The fraction of sp³-hybridized carbons (Fsp3) is 0.381. The van der Waals surface area contributed by atoms with Crippen LogP contribution >= 0.6 is 0 Å². The molecule has 0 atom stereocenters. The summed E-state index contributed by atoms with van der Waals surface area (Å²) in [5.41, 5.74) is 1.81. The molecule has 0 saturated heterocycles. The number of amides is 1. The maximum absolute atomic E-state index is 15.7. The van der Waals surface area contributed by atoms with E-state index in [9.17, 15) is 18.3 Å². The van der Waals surface area contributed by atoms with E-state index in [2.05, 4.69) is 15.5 Å². The summed E-state index contributed by atoms with van der Waals surface area (Å²) in [5, 5.41) is 28.7. The van der Waals surface area contributed by atoms with Crippen LogP contribution in [-0.2, 0) is 39.7 Å². The van der Waals surface area contributed by atoms with Gasteiger partial charge in [0.05, 0.1) is 27.9 Å². The van der Waals surface area contributed by atoms with E-state index in [1.165, 1.54) is 34.2 Å². The monoisotopic (exact) mass is 861 g/mol. The van der Waals surface area contributed by atoms with Crippen LogP contribution in [0.3, 0.4) is 0 Å². The highest BCUT2D eigenvalue weighted by Gasteiger charge is 2.40. The van der Waals surface area contributed by atoms with Crippen molar-refractivity contribution < 1.29 is 40.9 Å². The Kier molecular flexibility index (Phi) is 13.2. The minimum Gasteiger partial charge on any atom is -0.497 e. The van der Waals surface area contributed by atoms with Crippen molar-refractivity contribution in [2.75, 3.05) is 21.3 Å². The highest BCUT2D eigenvalue weighted by atomic mass is 32.2. The number of benzene rings is 4. The Morgan fingerprint density at radius 1 is 0.767 bits per heavy atom. The highest BCUT2D eigenvalue weighted by molar-refractivity contribution is 7.92. The molecule has 18 heteroatoms. The summed E-state index contributed by atoms with van der Waals surface area (Å²) in [7, 11) is -4.91. The molecule has 60 heavy (non-hydrogen) atoms. The predicted octanol–water partition coefficient (Wildman–Crippen LogP) is 6.26. The van der Waals surface area contributed by atoms with E-state index < -0.39 is 41.5 Å². The SMILES string of the molecule is COc1ccc(CN(Cc2ccc(OC)cc2)S(=O)(=O)c2c(S(N)(=O)=O)ccc(C3CCC(N(C(=O)O)C(C)(C)C)CC3)c2-c2nnnn2Cc2ccc(OC)cc2)cc1. The molecule has 5 aromatic rings. The number of carbonyl (C=O) groups is 1. The van der Waals surface area contributed by atoms with Crippen molar-refractivity contribution in [3.05, 3.63) is 107 Å². The number of ether oxygens (including phenoxy) is 3. The zero-order chi connectivity index (χ0) is 43.4. The van der Waals surface area contributed by atoms with Gasteiger partial charge in [-0.15, -0.1) is 5.10 Å². The molecule has 4 aromatic carbocycles. The fourth-order valence-corrected chi connectivity index (χ4v) is 10.9. The van der Waals surface area contributed by atoms with Gasteiger partial charge >= 0.3 is 6.09 Å². The molecule has 16 nitrogen and oxygen atoms in total. The minimum atomic E-state index is -4.81. The molecule has 0 unspecified atom stereocenters. The molecule has 320 valence electrons. The zero-order valence-electron chi connectivity index (χ0n) is 34.5. The van der Waals surface area contributed by atoms with Crippen LogP contribution in [0.1, 0.15) is 74.6 Å². The first-order valence-corrected chi connectivity index (χ1v) is 22.3. The normalized spacial score (nSPS) is 16.1. The van der Waals surface area contributed by atoms with E-state index in [-0.39, 0.29) is 43.0 Å². The molecule has 1 amide bonds. The van der Waals surface area contributed by atoms with Crippen LogP contribution in [-0.4, -0.2) is 90.4 Å². The summed E-state index contributed by atoms with van der Waals surface area (Å²) in [4.78, 5) is 12.7. The van der Waals surface area contributed by atoms with Crippen molar-refractivity contribution in [2.45, 2.75) is 93.4 Å². The van der Waals surface area contributed by atoms with Crippen molar-refractivity contribution in [3.63, 3.8) is 0 Å². The molecule has 0 spiro atoms. The van der Waals surface area contributed by atoms with E-state index in [0.29, 0.717) is 59.6 Å². The lowest BCUT2D eigenvalue weighted by Crippen LogP contribution is -2.52. The van der Waals surface area contributed by atoms with Gasteiger partial charge in [0, 0.05) is 30.2 Å². The standard InChI is InChI=1S/C42H51N7O9S2/c1-42(2,3)49(41(50)51)32-15-13-31(14-16-32)36-23-24-37(59(43,52)53)39(38(36)40-44-45-46-48(40)27-30-11-21-35(58-6)22-12-30)60(54,55)47(25-28-7-17-33(56-4)18-8-28)26-29-9-19-34(57-5)20-10-29/h7-12,17-24,31-32H,13-16,25-27H2,1-6H3,(H,50,51)(H2,43,52,53). The van der Waals surface area contributed by atoms with E-state index in [4.69, 9.17) is 19.3 Å². The van der Waals surface area contributed by atoms with Gasteiger partial charge in [-0.25, -0.2) is 31.5 Å². The number of hydrogen-bond acceptors (Lipinski definition) is 11. The Morgan fingerprint density at radius 3 is 1.68 bits per heavy atom. The maximum Gasteiger partial charge on any atom is 0.407 e. The predicted molar refractivity (Wildman–Crippen MR) is 224 cm³/mol. The second kappa shape index (κ2) is 18.0. The molecular formula is C42H51N7O9S2. The summed E-state index contributed by atoms with van der Waals surface area (Å²) < 4.78 is 77.2. The van der Waals surface area contributed by atoms with Crippen LogP contribution in [0.5, 0.6) is 17.2 Å². The van der Waals surface area contributed by atoms with Crippen molar-refractivity contribution in [1.82, 2.24) is 29.4 Å². The molecule has 0 aliphatic heterocycles. The van der Waals surface area contributed by atoms with E-state index in [1.807, 2.05) is 32.9 Å². The van der Waals surface area contributed by atoms with Crippen molar-refractivity contribution in [3.8, 4) is 28.6 Å². The number of nitrogens with zero attached hydrogens (tertiary/aromatic N) is 6. The van der Waals surface area contributed by atoms with Crippen molar-refractivity contribution >= 4 is 26.1 Å². The van der Waals surface area contributed by atoms with Gasteiger partial charge in [0.2, 0.25) is 20.0 Å². The molecule has 1 heterocycles. The summed E-state index contributed by atoms with van der Waals surface area (Å²) in [6, 6.07) is 23.5.